The molecule has 0 radical (unpaired) electrons. The number of benzene rings is 1. The minimum Gasteiger partial charge on any atom is -0.496 e. The Morgan fingerprint density at radius 3 is 2.40 bits per heavy atom. The quantitative estimate of drug-likeness (QED) is 0.827. The first kappa shape index (κ1) is 15.1. The van der Waals surface area contributed by atoms with Gasteiger partial charge in [0.2, 0.25) is 0 Å². The highest BCUT2D eigenvalue weighted by Gasteiger charge is 2.08. The number of aromatic nitrogens is 2. The molecular weight excluding hydrogens is 390 g/mol. The van der Waals surface area contributed by atoms with Crippen LogP contribution in [0, 0.1) is 0 Å². The van der Waals surface area contributed by atoms with Crippen LogP contribution in [0.5, 0.6) is 11.5 Å². The molecule has 20 heavy (non-hydrogen) atoms. The van der Waals surface area contributed by atoms with E-state index in [-0.39, 0.29) is 0 Å². The van der Waals surface area contributed by atoms with Crippen LogP contribution < -0.4 is 14.8 Å². The third kappa shape index (κ3) is 3.61. The number of hydrogen-bond donors (Lipinski definition) is 1. The van der Waals surface area contributed by atoms with Crippen molar-refractivity contribution in [1.29, 1.82) is 0 Å². The summed E-state index contributed by atoms with van der Waals surface area (Å²) >= 11 is 6.87. The fraction of sp³-hybridized carbons (Fsp3) is 0.231. The lowest BCUT2D eigenvalue weighted by molar-refractivity contribution is 0.298. The number of ether oxygens (including phenoxy) is 2. The predicted octanol–water partition coefficient (Wildman–Crippen LogP) is 3.63. The molecule has 1 aromatic carbocycles. The fourth-order valence-corrected chi connectivity index (χ4v) is 2.41. The van der Waals surface area contributed by atoms with Crippen molar-refractivity contribution in [3.8, 4) is 11.5 Å². The van der Waals surface area contributed by atoms with Crippen LogP contribution in [0.15, 0.2) is 33.5 Å². The number of nitrogens with zero attached hydrogens (tertiary/aromatic N) is 2. The molecule has 2 aromatic rings. The third-order valence-corrected chi connectivity index (χ3v) is 3.78. The molecule has 0 unspecified atom stereocenters. The first-order valence-electron chi connectivity index (χ1n) is 5.78. The highest BCUT2D eigenvalue weighted by atomic mass is 79.9. The standard InChI is InChI=1S/C13H13Br2N3O2/c1-16-13-6-17-8(5-18-13)7-20-12-4-9(14)11(19-2)3-10(12)15/h3-6H,7H2,1-2H3,(H,16,18). The predicted molar refractivity (Wildman–Crippen MR) is 84.3 cm³/mol. The van der Waals surface area contributed by atoms with Gasteiger partial charge >= 0.3 is 0 Å². The zero-order valence-corrected chi connectivity index (χ0v) is 14.2. The summed E-state index contributed by atoms with van der Waals surface area (Å²) in [5.41, 5.74) is 0.753. The van der Waals surface area contributed by atoms with E-state index in [0.717, 1.165) is 26.2 Å². The Morgan fingerprint density at radius 1 is 1.10 bits per heavy atom. The van der Waals surface area contributed by atoms with Crippen LogP contribution in [0.4, 0.5) is 5.82 Å². The number of halogens is 2. The molecule has 0 amide bonds. The molecule has 0 aliphatic heterocycles. The second-order valence-corrected chi connectivity index (χ2v) is 5.56. The summed E-state index contributed by atoms with van der Waals surface area (Å²) in [5.74, 6) is 2.17. The second kappa shape index (κ2) is 6.90. The average Bonchev–Trinajstić information content (AvgIpc) is 2.48. The Morgan fingerprint density at radius 2 is 1.80 bits per heavy atom. The van der Waals surface area contributed by atoms with Crippen LogP contribution >= 0.6 is 31.9 Å². The van der Waals surface area contributed by atoms with E-state index in [4.69, 9.17) is 9.47 Å². The molecule has 2 rings (SSSR count). The van der Waals surface area contributed by atoms with E-state index >= 15 is 0 Å². The van der Waals surface area contributed by atoms with Gasteiger partial charge in [-0.3, -0.25) is 4.98 Å². The molecule has 7 heteroatoms. The Labute approximate surface area is 134 Å². The van der Waals surface area contributed by atoms with Crippen LogP contribution in [-0.4, -0.2) is 24.1 Å². The Balaban J connectivity index is 2.08. The number of hydrogen-bond acceptors (Lipinski definition) is 5. The highest BCUT2D eigenvalue weighted by molar-refractivity contribution is 9.11. The van der Waals surface area contributed by atoms with Crippen LogP contribution in [0.2, 0.25) is 0 Å². The van der Waals surface area contributed by atoms with Crippen molar-refractivity contribution in [1.82, 2.24) is 9.97 Å². The number of anilines is 1. The van der Waals surface area contributed by atoms with Crippen molar-refractivity contribution in [2.24, 2.45) is 0 Å². The molecule has 0 saturated heterocycles. The molecule has 0 bridgehead atoms. The largest absolute Gasteiger partial charge is 0.496 e. The lowest BCUT2D eigenvalue weighted by Gasteiger charge is -2.11. The molecule has 0 aliphatic rings. The monoisotopic (exact) mass is 401 g/mol. The van der Waals surface area contributed by atoms with Gasteiger partial charge < -0.3 is 14.8 Å². The second-order valence-electron chi connectivity index (χ2n) is 3.85. The molecule has 106 valence electrons. The SMILES string of the molecule is CNc1cnc(COc2cc(Br)c(OC)cc2Br)cn1. The van der Waals surface area contributed by atoms with Gasteiger partial charge in [-0.05, 0) is 44.0 Å². The van der Waals surface area contributed by atoms with Gasteiger partial charge in [0.05, 0.1) is 34.1 Å². The summed E-state index contributed by atoms with van der Waals surface area (Å²) in [6, 6.07) is 3.69. The maximum atomic E-state index is 5.72. The van der Waals surface area contributed by atoms with Gasteiger partial charge in [-0.15, -0.1) is 0 Å². The topological polar surface area (TPSA) is 56.3 Å². The zero-order valence-electron chi connectivity index (χ0n) is 11.0. The van der Waals surface area contributed by atoms with Gasteiger partial charge in [0.15, 0.2) is 0 Å². The van der Waals surface area contributed by atoms with E-state index in [2.05, 4.69) is 47.1 Å². The van der Waals surface area contributed by atoms with Crippen molar-refractivity contribution in [3.05, 3.63) is 39.2 Å². The van der Waals surface area contributed by atoms with Gasteiger partial charge in [0.1, 0.15) is 23.9 Å². The lowest BCUT2D eigenvalue weighted by Crippen LogP contribution is -2.01. The van der Waals surface area contributed by atoms with Crippen LogP contribution in [0.25, 0.3) is 0 Å². The summed E-state index contributed by atoms with van der Waals surface area (Å²) in [4.78, 5) is 8.43. The van der Waals surface area contributed by atoms with Crippen molar-refractivity contribution < 1.29 is 9.47 Å². The van der Waals surface area contributed by atoms with Gasteiger partial charge in [-0.2, -0.15) is 0 Å². The van der Waals surface area contributed by atoms with Crippen molar-refractivity contribution in [2.45, 2.75) is 6.61 Å². The summed E-state index contributed by atoms with van der Waals surface area (Å²) in [7, 11) is 3.41. The Kier molecular flexibility index (Phi) is 5.19. The summed E-state index contributed by atoms with van der Waals surface area (Å²) in [5, 5.41) is 2.92. The summed E-state index contributed by atoms with van der Waals surface area (Å²) < 4.78 is 12.6. The first-order chi connectivity index (χ1) is 9.63. The van der Waals surface area contributed by atoms with Crippen LogP contribution in [-0.2, 0) is 6.61 Å². The fourth-order valence-electron chi connectivity index (χ4n) is 1.49. The normalized spacial score (nSPS) is 10.2. The van der Waals surface area contributed by atoms with E-state index in [1.165, 1.54) is 0 Å². The van der Waals surface area contributed by atoms with Crippen molar-refractivity contribution in [2.75, 3.05) is 19.5 Å². The summed E-state index contributed by atoms with van der Waals surface area (Å²) in [6.45, 7) is 0.342. The van der Waals surface area contributed by atoms with Crippen molar-refractivity contribution >= 4 is 37.7 Å². The molecule has 0 atom stereocenters. The van der Waals surface area contributed by atoms with Crippen molar-refractivity contribution in [3.63, 3.8) is 0 Å². The molecule has 0 saturated carbocycles. The van der Waals surface area contributed by atoms with E-state index in [1.54, 1.807) is 26.6 Å². The summed E-state index contributed by atoms with van der Waals surface area (Å²) in [6.07, 6.45) is 3.34. The van der Waals surface area contributed by atoms with Gasteiger partial charge in [-0.1, -0.05) is 0 Å². The molecule has 0 aliphatic carbocycles. The number of methoxy groups -OCH3 is 1. The van der Waals surface area contributed by atoms with E-state index in [1.807, 2.05) is 12.1 Å². The smallest absolute Gasteiger partial charge is 0.144 e. The molecule has 1 aromatic heterocycles. The molecule has 1 heterocycles. The molecule has 5 nitrogen and oxygen atoms in total. The highest BCUT2D eigenvalue weighted by Crippen LogP contribution is 2.36. The molecule has 1 N–H and O–H groups in total. The van der Waals surface area contributed by atoms with E-state index in [9.17, 15) is 0 Å². The first-order valence-corrected chi connectivity index (χ1v) is 7.37. The Bertz CT molecular complexity index is 591. The van der Waals surface area contributed by atoms with E-state index in [0.29, 0.717) is 12.4 Å². The van der Waals surface area contributed by atoms with Crippen LogP contribution in [0.1, 0.15) is 5.69 Å². The minimum atomic E-state index is 0.342. The molecule has 0 fully saturated rings. The maximum Gasteiger partial charge on any atom is 0.144 e. The average molecular weight is 403 g/mol. The third-order valence-electron chi connectivity index (χ3n) is 2.54. The van der Waals surface area contributed by atoms with Crippen LogP contribution in [0.3, 0.4) is 0 Å². The molecule has 0 spiro atoms. The number of nitrogens with one attached hydrogen (secondary N) is 1. The Hall–Kier alpha value is -1.34. The number of rotatable bonds is 5. The van der Waals surface area contributed by atoms with Gasteiger partial charge in [-0.25, -0.2) is 4.98 Å². The maximum absolute atomic E-state index is 5.72. The van der Waals surface area contributed by atoms with Gasteiger partial charge in [0.25, 0.3) is 0 Å². The minimum absolute atomic E-state index is 0.342. The zero-order chi connectivity index (χ0) is 14.5. The van der Waals surface area contributed by atoms with Gasteiger partial charge in [0, 0.05) is 7.05 Å². The lowest BCUT2D eigenvalue weighted by atomic mass is 10.3. The molecular formula is C13H13Br2N3O2. The van der Waals surface area contributed by atoms with E-state index < -0.39 is 0 Å².